The van der Waals surface area contributed by atoms with Crippen LogP contribution in [-0.4, -0.2) is 42.2 Å². The van der Waals surface area contributed by atoms with Crippen LogP contribution in [0.4, 0.5) is 17.3 Å². The van der Waals surface area contributed by atoms with Crippen LogP contribution in [0.2, 0.25) is 0 Å². The molecule has 0 bridgehead atoms. The highest BCUT2D eigenvalue weighted by Crippen LogP contribution is 2.21. The molecular formula is C18H25N5. The minimum absolute atomic E-state index is 0.368. The number of benzene rings is 1. The zero-order valence-electron chi connectivity index (χ0n) is 14.2. The van der Waals surface area contributed by atoms with Gasteiger partial charge in [-0.3, -0.25) is 0 Å². The molecule has 1 fully saturated rings. The lowest BCUT2D eigenvalue weighted by atomic mass is 10.2. The van der Waals surface area contributed by atoms with E-state index in [1.807, 2.05) is 6.92 Å². The van der Waals surface area contributed by atoms with Gasteiger partial charge in [0.05, 0.1) is 0 Å². The highest BCUT2D eigenvalue weighted by atomic mass is 15.3. The summed E-state index contributed by atoms with van der Waals surface area (Å²) in [5, 5.41) is 3.37. The number of hydrogen-bond donors (Lipinski definition) is 1. The number of hydrogen-bond acceptors (Lipinski definition) is 5. The lowest BCUT2D eigenvalue weighted by molar-refractivity contribution is 0.646. The van der Waals surface area contributed by atoms with Crippen LogP contribution < -0.4 is 15.1 Å². The van der Waals surface area contributed by atoms with Gasteiger partial charge in [0, 0.05) is 44.0 Å². The minimum Gasteiger partial charge on any atom is -0.368 e. The molecule has 0 atom stereocenters. The largest absolute Gasteiger partial charge is 0.368 e. The third-order valence-electron chi connectivity index (χ3n) is 3.99. The summed E-state index contributed by atoms with van der Waals surface area (Å²) in [6, 6.07) is 13.0. The lowest BCUT2D eigenvalue weighted by Gasteiger charge is -2.36. The summed E-state index contributed by atoms with van der Waals surface area (Å²) >= 11 is 0. The van der Waals surface area contributed by atoms with E-state index in [4.69, 9.17) is 0 Å². The summed E-state index contributed by atoms with van der Waals surface area (Å²) in [5.74, 6) is 2.75. The number of para-hydroxylation sites is 1. The molecule has 1 aromatic carbocycles. The van der Waals surface area contributed by atoms with E-state index >= 15 is 0 Å². The second-order valence-electron chi connectivity index (χ2n) is 6.27. The van der Waals surface area contributed by atoms with Crippen molar-refractivity contribution < 1.29 is 0 Å². The first-order valence-corrected chi connectivity index (χ1v) is 8.29. The molecule has 0 aliphatic carbocycles. The third kappa shape index (κ3) is 3.92. The van der Waals surface area contributed by atoms with E-state index in [0.29, 0.717) is 6.04 Å². The molecule has 2 aromatic rings. The zero-order chi connectivity index (χ0) is 16.2. The van der Waals surface area contributed by atoms with Gasteiger partial charge in [-0.1, -0.05) is 18.2 Å². The predicted molar refractivity (Wildman–Crippen MR) is 96.4 cm³/mol. The fourth-order valence-electron chi connectivity index (χ4n) is 2.92. The first-order valence-electron chi connectivity index (χ1n) is 8.29. The van der Waals surface area contributed by atoms with Gasteiger partial charge in [-0.05, 0) is 32.9 Å². The smallest absolute Gasteiger partial charge is 0.134 e. The van der Waals surface area contributed by atoms with Crippen molar-refractivity contribution >= 4 is 17.3 Å². The van der Waals surface area contributed by atoms with E-state index in [-0.39, 0.29) is 0 Å². The van der Waals surface area contributed by atoms with Crippen LogP contribution in [0.3, 0.4) is 0 Å². The number of anilines is 3. The Balaban J connectivity index is 1.69. The van der Waals surface area contributed by atoms with Gasteiger partial charge < -0.3 is 15.1 Å². The van der Waals surface area contributed by atoms with E-state index in [2.05, 4.69) is 75.3 Å². The van der Waals surface area contributed by atoms with Crippen LogP contribution >= 0.6 is 0 Å². The molecular weight excluding hydrogens is 286 g/mol. The first kappa shape index (κ1) is 15.6. The van der Waals surface area contributed by atoms with Crippen molar-refractivity contribution in [2.45, 2.75) is 26.8 Å². The normalized spacial score (nSPS) is 15.1. The molecule has 1 aromatic heterocycles. The van der Waals surface area contributed by atoms with Crippen LogP contribution in [0.5, 0.6) is 0 Å². The summed E-state index contributed by atoms with van der Waals surface area (Å²) in [7, 11) is 0. The molecule has 1 aliphatic heterocycles. The van der Waals surface area contributed by atoms with Gasteiger partial charge in [0.2, 0.25) is 0 Å². The van der Waals surface area contributed by atoms with Gasteiger partial charge in [-0.25, -0.2) is 9.97 Å². The number of rotatable bonds is 4. The maximum absolute atomic E-state index is 4.62. The SMILES string of the molecule is Cc1nc(NC(C)C)cc(N2CCN(c3ccccc3)CC2)n1. The van der Waals surface area contributed by atoms with Crippen LogP contribution in [-0.2, 0) is 0 Å². The quantitative estimate of drug-likeness (QED) is 0.940. The highest BCUT2D eigenvalue weighted by molar-refractivity contribution is 5.52. The van der Waals surface area contributed by atoms with Crippen LogP contribution in [0.25, 0.3) is 0 Å². The van der Waals surface area contributed by atoms with Gasteiger partial charge in [-0.15, -0.1) is 0 Å². The standard InChI is InChI=1S/C18H25N5/c1-14(2)19-17-13-18(21-15(3)20-17)23-11-9-22(10-12-23)16-7-5-4-6-8-16/h4-8,13-14H,9-12H2,1-3H3,(H,19,20,21). The van der Waals surface area contributed by atoms with E-state index in [0.717, 1.165) is 43.6 Å². The van der Waals surface area contributed by atoms with E-state index < -0.39 is 0 Å². The predicted octanol–water partition coefficient (Wildman–Crippen LogP) is 2.93. The maximum atomic E-state index is 4.62. The van der Waals surface area contributed by atoms with Crippen molar-refractivity contribution in [3.05, 3.63) is 42.2 Å². The monoisotopic (exact) mass is 311 g/mol. The fraction of sp³-hybridized carbons (Fsp3) is 0.444. The Morgan fingerprint density at radius 1 is 0.957 bits per heavy atom. The average molecular weight is 311 g/mol. The molecule has 0 unspecified atom stereocenters. The van der Waals surface area contributed by atoms with E-state index in [1.165, 1.54) is 5.69 Å². The van der Waals surface area contributed by atoms with Gasteiger partial charge in [-0.2, -0.15) is 0 Å². The number of piperazine rings is 1. The van der Waals surface area contributed by atoms with Crippen molar-refractivity contribution in [1.82, 2.24) is 9.97 Å². The topological polar surface area (TPSA) is 44.3 Å². The van der Waals surface area contributed by atoms with Crippen LogP contribution in [0, 0.1) is 6.92 Å². The average Bonchev–Trinajstić information content (AvgIpc) is 2.55. The Bertz CT molecular complexity index is 633. The zero-order valence-corrected chi connectivity index (χ0v) is 14.2. The number of aryl methyl sites for hydroxylation is 1. The van der Waals surface area contributed by atoms with Crippen molar-refractivity contribution in [3.8, 4) is 0 Å². The first-order chi connectivity index (χ1) is 11.1. The molecule has 1 N–H and O–H groups in total. The summed E-state index contributed by atoms with van der Waals surface area (Å²) < 4.78 is 0. The Labute approximate surface area is 138 Å². The van der Waals surface area contributed by atoms with Crippen molar-refractivity contribution in [3.63, 3.8) is 0 Å². The molecule has 2 heterocycles. The second kappa shape index (κ2) is 6.86. The molecule has 0 saturated carbocycles. The van der Waals surface area contributed by atoms with Crippen molar-refractivity contribution in [2.75, 3.05) is 41.3 Å². The molecule has 3 rings (SSSR count). The Kier molecular flexibility index (Phi) is 4.65. The number of nitrogens with zero attached hydrogens (tertiary/aromatic N) is 4. The number of aromatic nitrogens is 2. The molecule has 5 heteroatoms. The van der Waals surface area contributed by atoms with Crippen LogP contribution in [0.1, 0.15) is 19.7 Å². The molecule has 1 aliphatic rings. The Hall–Kier alpha value is -2.30. The summed E-state index contributed by atoms with van der Waals surface area (Å²) in [6.45, 7) is 10.2. The Morgan fingerprint density at radius 2 is 1.61 bits per heavy atom. The lowest BCUT2D eigenvalue weighted by Crippen LogP contribution is -2.46. The molecule has 122 valence electrons. The molecule has 0 spiro atoms. The summed E-state index contributed by atoms with van der Waals surface area (Å²) in [5.41, 5.74) is 1.30. The summed E-state index contributed by atoms with van der Waals surface area (Å²) in [4.78, 5) is 13.9. The minimum atomic E-state index is 0.368. The van der Waals surface area contributed by atoms with Crippen molar-refractivity contribution in [1.29, 1.82) is 0 Å². The van der Waals surface area contributed by atoms with Gasteiger partial charge >= 0.3 is 0 Å². The molecule has 23 heavy (non-hydrogen) atoms. The Morgan fingerprint density at radius 3 is 2.26 bits per heavy atom. The fourth-order valence-corrected chi connectivity index (χ4v) is 2.92. The molecule has 1 saturated heterocycles. The van der Waals surface area contributed by atoms with E-state index in [1.54, 1.807) is 0 Å². The highest BCUT2D eigenvalue weighted by Gasteiger charge is 2.19. The summed E-state index contributed by atoms with van der Waals surface area (Å²) in [6.07, 6.45) is 0. The molecule has 0 radical (unpaired) electrons. The third-order valence-corrected chi connectivity index (χ3v) is 3.99. The van der Waals surface area contributed by atoms with E-state index in [9.17, 15) is 0 Å². The van der Waals surface area contributed by atoms with Gasteiger partial charge in [0.15, 0.2) is 0 Å². The molecule has 0 amide bonds. The molecule has 5 nitrogen and oxygen atoms in total. The van der Waals surface area contributed by atoms with Crippen LogP contribution in [0.15, 0.2) is 36.4 Å². The van der Waals surface area contributed by atoms with Gasteiger partial charge in [0.1, 0.15) is 17.5 Å². The second-order valence-corrected chi connectivity index (χ2v) is 6.27. The number of nitrogens with one attached hydrogen (secondary N) is 1. The van der Waals surface area contributed by atoms with Crippen molar-refractivity contribution in [2.24, 2.45) is 0 Å². The van der Waals surface area contributed by atoms with Gasteiger partial charge in [0.25, 0.3) is 0 Å². The maximum Gasteiger partial charge on any atom is 0.134 e.